The first-order valence-corrected chi connectivity index (χ1v) is 5.25. The van der Waals surface area contributed by atoms with Gasteiger partial charge in [-0.2, -0.15) is 0 Å². The van der Waals surface area contributed by atoms with E-state index in [0.717, 1.165) is 12.8 Å². The molecule has 74 valence electrons. The minimum absolute atomic E-state index is 0.103. The number of carbonyl (C=O) groups excluding carboxylic acids is 1. The molecule has 2 rings (SSSR count). The van der Waals surface area contributed by atoms with Gasteiger partial charge in [-0.05, 0) is 26.7 Å². The predicted octanol–water partition coefficient (Wildman–Crippen LogP) is 2.17. The van der Waals surface area contributed by atoms with Crippen molar-refractivity contribution in [1.29, 1.82) is 0 Å². The van der Waals surface area contributed by atoms with Gasteiger partial charge in [0.25, 0.3) is 0 Å². The fourth-order valence-electron chi connectivity index (χ4n) is 2.79. The Bertz CT molecular complexity index is 236. The highest BCUT2D eigenvalue weighted by Gasteiger charge is 2.51. The van der Waals surface area contributed by atoms with Crippen LogP contribution in [-0.4, -0.2) is 18.0 Å². The van der Waals surface area contributed by atoms with Crippen LogP contribution in [0.25, 0.3) is 0 Å². The quantitative estimate of drug-likeness (QED) is 0.574. The van der Waals surface area contributed by atoms with Gasteiger partial charge in [0.1, 0.15) is 5.78 Å². The van der Waals surface area contributed by atoms with Gasteiger partial charge >= 0.3 is 0 Å². The van der Waals surface area contributed by atoms with Gasteiger partial charge in [0.05, 0.1) is 17.6 Å². The molecule has 0 aromatic carbocycles. The lowest BCUT2D eigenvalue weighted by atomic mass is 9.64. The van der Waals surface area contributed by atoms with E-state index in [-0.39, 0.29) is 23.5 Å². The summed E-state index contributed by atoms with van der Waals surface area (Å²) in [5.41, 5.74) is -0.185. The molecule has 0 unspecified atom stereocenters. The summed E-state index contributed by atoms with van der Waals surface area (Å²) in [5, 5.41) is 0. The van der Waals surface area contributed by atoms with E-state index in [0.29, 0.717) is 5.78 Å². The zero-order valence-electron chi connectivity index (χ0n) is 8.67. The minimum atomic E-state index is -0.185. The molecule has 0 aromatic heterocycles. The van der Waals surface area contributed by atoms with Crippen LogP contribution in [0.1, 0.15) is 40.0 Å². The van der Waals surface area contributed by atoms with Crippen molar-refractivity contribution in [3.63, 3.8) is 0 Å². The molecule has 4 atom stereocenters. The van der Waals surface area contributed by atoms with Gasteiger partial charge in [-0.1, -0.05) is 13.3 Å². The Morgan fingerprint density at radius 1 is 1.46 bits per heavy atom. The molecule has 0 spiro atoms. The Balaban J connectivity index is 2.32. The fourth-order valence-corrected chi connectivity index (χ4v) is 2.79. The molecular weight excluding hydrogens is 164 g/mol. The van der Waals surface area contributed by atoms with Crippen LogP contribution in [0.15, 0.2) is 0 Å². The molecule has 1 aliphatic carbocycles. The van der Waals surface area contributed by atoms with E-state index in [1.807, 2.05) is 13.8 Å². The van der Waals surface area contributed by atoms with Crippen LogP contribution in [0.5, 0.6) is 0 Å². The summed E-state index contributed by atoms with van der Waals surface area (Å²) in [5.74, 6) is 0.625. The number of hydrogen-bond donors (Lipinski definition) is 0. The number of fused-ring (bicyclic) bond motifs is 2. The Morgan fingerprint density at radius 2 is 2.15 bits per heavy atom. The average Bonchev–Trinajstić information content (AvgIpc) is 2.07. The molecule has 1 saturated carbocycles. The van der Waals surface area contributed by atoms with Crippen molar-refractivity contribution >= 4 is 5.78 Å². The Morgan fingerprint density at radius 3 is 2.85 bits per heavy atom. The summed E-state index contributed by atoms with van der Waals surface area (Å²) in [6.07, 6.45) is 3.46. The molecule has 2 aliphatic rings. The molecule has 1 saturated heterocycles. The van der Waals surface area contributed by atoms with Gasteiger partial charge in [-0.25, -0.2) is 0 Å². The SMILES string of the molecule is C[C@H]1O[C@H](C)[C@@]2(C)CCC[C@@H]1C2=O. The number of ether oxygens (including phenoxy) is 1. The summed E-state index contributed by atoms with van der Waals surface area (Å²) in [6, 6.07) is 0. The van der Waals surface area contributed by atoms with Crippen LogP contribution >= 0.6 is 0 Å². The molecule has 0 radical (unpaired) electrons. The van der Waals surface area contributed by atoms with Crippen molar-refractivity contribution in [3.05, 3.63) is 0 Å². The third kappa shape index (κ3) is 1.15. The number of ketones is 1. The number of carbonyl (C=O) groups is 1. The summed E-state index contributed by atoms with van der Waals surface area (Å²) in [6.45, 7) is 6.14. The van der Waals surface area contributed by atoms with E-state index < -0.39 is 0 Å². The monoisotopic (exact) mass is 182 g/mol. The standard InChI is InChI=1S/C11H18O2/c1-7-9-5-4-6-11(3,10(9)12)8(2)13-7/h7-9H,4-6H2,1-3H3/t7-,8-,9+,11-/m1/s1. The summed E-state index contributed by atoms with van der Waals surface area (Å²) in [4.78, 5) is 12.1. The van der Waals surface area contributed by atoms with E-state index in [1.54, 1.807) is 0 Å². The topological polar surface area (TPSA) is 26.3 Å². The Hall–Kier alpha value is -0.370. The highest BCUT2D eigenvalue weighted by Crippen LogP contribution is 2.45. The zero-order valence-corrected chi connectivity index (χ0v) is 8.67. The minimum Gasteiger partial charge on any atom is -0.374 e. The maximum absolute atomic E-state index is 12.1. The van der Waals surface area contributed by atoms with E-state index in [2.05, 4.69) is 6.92 Å². The van der Waals surface area contributed by atoms with Gasteiger partial charge in [-0.15, -0.1) is 0 Å². The smallest absolute Gasteiger partial charge is 0.146 e. The highest BCUT2D eigenvalue weighted by molar-refractivity contribution is 5.89. The van der Waals surface area contributed by atoms with E-state index >= 15 is 0 Å². The van der Waals surface area contributed by atoms with E-state index in [1.165, 1.54) is 6.42 Å². The summed E-state index contributed by atoms with van der Waals surface area (Å²) >= 11 is 0. The van der Waals surface area contributed by atoms with Crippen molar-refractivity contribution in [3.8, 4) is 0 Å². The lowest BCUT2D eigenvalue weighted by molar-refractivity contribution is -0.177. The molecule has 1 heterocycles. The van der Waals surface area contributed by atoms with E-state index in [4.69, 9.17) is 4.74 Å². The van der Waals surface area contributed by atoms with Gasteiger partial charge in [0, 0.05) is 5.92 Å². The molecule has 1 aliphatic heterocycles. The summed E-state index contributed by atoms with van der Waals surface area (Å²) in [7, 11) is 0. The van der Waals surface area contributed by atoms with Crippen LogP contribution in [0, 0.1) is 11.3 Å². The zero-order chi connectivity index (χ0) is 9.64. The number of Topliss-reactive ketones (excluding diaryl/α,β-unsaturated/α-hetero) is 1. The normalized spacial score (nSPS) is 50.7. The molecule has 2 bridgehead atoms. The van der Waals surface area contributed by atoms with Crippen molar-refractivity contribution in [2.45, 2.75) is 52.2 Å². The lowest BCUT2D eigenvalue weighted by Gasteiger charge is -2.48. The van der Waals surface area contributed by atoms with Crippen LogP contribution in [0.3, 0.4) is 0 Å². The second kappa shape index (κ2) is 2.81. The second-order valence-electron chi connectivity index (χ2n) is 4.76. The maximum Gasteiger partial charge on any atom is 0.146 e. The lowest BCUT2D eigenvalue weighted by Crippen LogP contribution is -2.55. The molecular formula is C11H18O2. The second-order valence-corrected chi connectivity index (χ2v) is 4.76. The average molecular weight is 182 g/mol. The highest BCUT2D eigenvalue weighted by atomic mass is 16.5. The van der Waals surface area contributed by atoms with Gasteiger partial charge in [0.2, 0.25) is 0 Å². The maximum atomic E-state index is 12.1. The molecule has 0 N–H and O–H groups in total. The van der Waals surface area contributed by atoms with Crippen molar-refractivity contribution < 1.29 is 9.53 Å². The Kier molecular flexibility index (Phi) is 1.99. The predicted molar refractivity (Wildman–Crippen MR) is 50.5 cm³/mol. The van der Waals surface area contributed by atoms with Gasteiger partial charge in [-0.3, -0.25) is 4.79 Å². The fraction of sp³-hybridized carbons (Fsp3) is 0.909. The van der Waals surface area contributed by atoms with Crippen molar-refractivity contribution in [2.75, 3.05) is 0 Å². The molecule has 2 nitrogen and oxygen atoms in total. The molecule has 0 aromatic rings. The van der Waals surface area contributed by atoms with Crippen molar-refractivity contribution in [2.24, 2.45) is 11.3 Å². The molecule has 2 fully saturated rings. The first-order valence-electron chi connectivity index (χ1n) is 5.25. The Labute approximate surface area is 79.7 Å². The summed E-state index contributed by atoms with van der Waals surface area (Å²) < 4.78 is 5.81. The third-order valence-electron chi connectivity index (χ3n) is 3.99. The molecule has 0 amide bonds. The third-order valence-corrected chi connectivity index (χ3v) is 3.99. The molecule has 2 heteroatoms. The first kappa shape index (κ1) is 9.20. The largest absolute Gasteiger partial charge is 0.374 e. The first-order chi connectivity index (χ1) is 6.05. The molecule has 13 heavy (non-hydrogen) atoms. The van der Waals surface area contributed by atoms with E-state index in [9.17, 15) is 4.79 Å². The number of rotatable bonds is 0. The van der Waals surface area contributed by atoms with Crippen LogP contribution in [-0.2, 0) is 9.53 Å². The van der Waals surface area contributed by atoms with Crippen molar-refractivity contribution in [1.82, 2.24) is 0 Å². The van der Waals surface area contributed by atoms with Crippen LogP contribution < -0.4 is 0 Å². The van der Waals surface area contributed by atoms with Gasteiger partial charge < -0.3 is 4.74 Å². The number of hydrogen-bond acceptors (Lipinski definition) is 2. The van der Waals surface area contributed by atoms with Crippen LogP contribution in [0.4, 0.5) is 0 Å². The van der Waals surface area contributed by atoms with Crippen LogP contribution in [0.2, 0.25) is 0 Å². The van der Waals surface area contributed by atoms with Gasteiger partial charge in [0.15, 0.2) is 0 Å².